The van der Waals surface area contributed by atoms with Gasteiger partial charge < -0.3 is 34.5 Å². The number of halogens is 2. The van der Waals surface area contributed by atoms with Gasteiger partial charge in [0, 0.05) is 62.1 Å². The summed E-state index contributed by atoms with van der Waals surface area (Å²) < 4.78 is 45.5. The normalized spacial score (nSPS) is 25.0. The molecule has 3 saturated heterocycles. The molecular formula is C38H43F2N7O4. The number of anilines is 1. The van der Waals surface area contributed by atoms with Gasteiger partial charge in [-0.05, 0) is 73.6 Å². The van der Waals surface area contributed by atoms with Crippen LogP contribution in [0.2, 0.25) is 0 Å². The molecule has 4 aliphatic heterocycles. The Balaban J connectivity index is 1.15. The SMILES string of the molecule is CCc1c(F)ccc2cc(O)cc(-c3nc4c5c(nc(OCC6(CN7CCC(=NOC)CC7)CC6)nc5c3F)N3C[C@H]5CC[C@H](N5)[C@H]3[C@H](C)O4)c12. The van der Waals surface area contributed by atoms with Crippen LogP contribution in [0.3, 0.4) is 0 Å². The van der Waals surface area contributed by atoms with E-state index in [0.717, 1.165) is 63.9 Å². The lowest BCUT2D eigenvalue weighted by Gasteiger charge is -2.42. The average Bonchev–Trinajstić information content (AvgIpc) is 3.82. The lowest BCUT2D eigenvalue weighted by molar-refractivity contribution is 0.150. The summed E-state index contributed by atoms with van der Waals surface area (Å²) >= 11 is 0. The van der Waals surface area contributed by atoms with E-state index in [4.69, 9.17) is 29.3 Å². The molecule has 1 aliphatic carbocycles. The van der Waals surface area contributed by atoms with Crippen molar-refractivity contribution in [3.63, 3.8) is 0 Å². The Morgan fingerprint density at radius 1 is 1.10 bits per heavy atom. The first-order chi connectivity index (χ1) is 24.7. The van der Waals surface area contributed by atoms with Gasteiger partial charge in [0.05, 0.1) is 18.4 Å². The number of ether oxygens (including phenoxy) is 2. The number of fused-ring (bicyclic) bond motifs is 6. The van der Waals surface area contributed by atoms with Crippen LogP contribution in [-0.4, -0.2) is 94.8 Å². The molecule has 4 aromatic rings. The Hall–Kier alpha value is -4.36. The van der Waals surface area contributed by atoms with Crippen molar-refractivity contribution in [2.45, 2.75) is 83.0 Å². The summed E-state index contributed by atoms with van der Waals surface area (Å²) in [5, 5.41) is 20.1. The fraction of sp³-hybridized carbons (Fsp3) is 0.526. The monoisotopic (exact) mass is 699 g/mol. The molecule has 9 rings (SSSR count). The lowest BCUT2D eigenvalue weighted by atomic mass is 9.94. The second-order valence-corrected chi connectivity index (χ2v) is 15.0. The molecule has 6 heterocycles. The van der Waals surface area contributed by atoms with Gasteiger partial charge in [0.15, 0.2) is 5.82 Å². The first kappa shape index (κ1) is 32.5. The van der Waals surface area contributed by atoms with Crippen LogP contribution in [0.25, 0.3) is 32.9 Å². The maximum atomic E-state index is 17.3. The van der Waals surface area contributed by atoms with Crippen molar-refractivity contribution >= 4 is 33.2 Å². The number of hydrogen-bond donors (Lipinski definition) is 2. The third-order valence-corrected chi connectivity index (χ3v) is 11.7. The quantitative estimate of drug-likeness (QED) is 0.221. The molecule has 4 atom stereocenters. The zero-order valence-electron chi connectivity index (χ0n) is 29.2. The predicted molar refractivity (Wildman–Crippen MR) is 190 cm³/mol. The van der Waals surface area contributed by atoms with E-state index in [-0.39, 0.29) is 64.1 Å². The van der Waals surface area contributed by atoms with Gasteiger partial charge in [-0.15, -0.1) is 0 Å². The summed E-state index contributed by atoms with van der Waals surface area (Å²) in [6.45, 7) is 7.71. The Kier molecular flexibility index (Phi) is 7.91. The number of rotatable bonds is 8. The first-order valence-corrected chi connectivity index (χ1v) is 18.2. The zero-order valence-corrected chi connectivity index (χ0v) is 29.2. The highest BCUT2D eigenvalue weighted by Gasteiger charge is 2.48. The van der Waals surface area contributed by atoms with Crippen LogP contribution in [0.1, 0.15) is 57.9 Å². The first-order valence-electron chi connectivity index (χ1n) is 18.2. The molecule has 13 heteroatoms. The van der Waals surface area contributed by atoms with Crippen molar-refractivity contribution in [3.8, 4) is 28.9 Å². The molecule has 51 heavy (non-hydrogen) atoms. The van der Waals surface area contributed by atoms with Crippen molar-refractivity contribution in [1.82, 2.24) is 25.2 Å². The minimum absolute atomic E-state index is 0.0229. The van der Waals surface area contributed by atoms with E-state index in [1.54, 1.807) is 19.2 Å². The van der Waals surface area contributed by atoms with Gasteiger partial charge >= 0.3 is 6.01 Å². The van der Waals surface area contributed by atoms with Crippen molar-refractivity contribution in [2.24, 2.45) is 10.6 Å². The second-order valence-electron chi connectivity index (χ2n) is 15.0. The molecule has 0 amide bonds. The van der Waals surface area contributed by atoms with Gasteiger partial charge in [0.25, 0.3) is 0 Å². The number of aromatic nitrogens is 3. The van der Waals surface area contributed by atoms with E-state index in [1.165, 1.54) is 12.1 Å². The topological polar surface area (TPSA) is 117 Å². The van der Waals surface area contributed by atoms with Crippen molar-refractivity contribution in [3.05, 3.63) is 41.5 Å². The molecule has 2 aromatic carbocycles. The number of phenolic OH excluding ortho intramolecular Hbond substituents is 1. The fourth-order valence-electron chi connectivity index (χ4n) is 8.97. The Labute approximate surface area is 295 Å². The second kappa shape index (κ2) is 12.4. The lowest BCUT2D eigenvalue weighted by Crippen LogP contribution is -2.62. The minimum Gasteiger partial charge on any atom is -0.508 e. The largest absolute Gasteiger partial charge is 0.508 e. The number of hydrogen-bond acceptors (Lipinski definition) is 11. The molecule has 0 radical (unpaired) electrons. The van der Waals surface area contributed by atoms with Crippen LogP contribution in [0.5, 0.6) is 17.6 Å². The molecule has 2 aromatic heterocycles. The summed E-state index contributed by atoms with van der Waals surface area (Å²) in [4.78, 5) is 24.2. The number of nitrogens with one attached hydrogen (secondary N) is 1. The Bertz CT molecular complexity index is 2060. The Morgan fingerprint density at radius 2 is 1.92 bits per heavy atom. The number of aromatic hydroxyl groups is 1. The van der Waals surface area contributed by atoms with Crippen molar-refractivity contribution < 1.29 is 28.2 Å². The number of oxime groups is 1. The van der Waals surface area contributed by atoms with Crippen LogP contribution in [0, 0.1) is 17.0 Å². The number of likely N-dealkylation sites (tertiary alicyclic amines) is 1. The fourth-order valence-corrected chi connectivity index (χ4v) is 8.97. The van der Waals surface area contributed by atoms with E-state index in [1.807, 2.05) is 13.8 Å². The standard InChI is InChI=1S/C38H43F2N7O4/c1-4-25-27(39)7-5-21-15-24(48)16-26(29(21)25)32-31(40)33-30-35(47-17-23-6-8-28(41-23)34(47)20(2)51-36(30)42-32)44-37(43-33)50-19-38(11-12-38)18-46-13-9-22(10-14-46)45-49-3/h5,7,15-16,20,23,28,34,41,48H,4,6,8-14,17-19H2,1-3H3/t20-,23+,28-,34+/m0/s1. The molecule has 1 saturated carbocycles. The molecule has 2 N–H and O–H groups in total. The molecule has 4 fully saturated rings. The highest BCUT2D eigenvalue weighted by molar-refractivity contribution is 6.03. The van der Waals surface area contributed by atoms with Gasteiger partial charge in [-0.3, -0.25) is 0 Å². The summed E-state index contributed by atoms with van der Waals surface area (Å²) in [6.07, 6.45) is 5.93. The van der Waals surface area contributed by atoms with E-state index in [9.17, 15) is 5.11 Å². The van der Waals surface area contributed by atoms with E-state index >= 15 is 8.78 Å². The van der Waals surface area contributed by atoms with E-state index < -0.39 is 11.6 Å². The van der Waals surface area contributed by atoms with Gasteiger partial charge in [-0.2, -0.15) is 9.97 Å². The molecule has 0 spiro atoms. The highest BCUT2D eigenvalue weighted by atomic mass is 19.1. The van der Waals surface area contributed by atoms with Crippen LogP contribution in [0.15, 0.2) is 29.4 Å². The van der Waals surface area contributed by atoms with Crippen LogP contribution in [-0.2, 0) is 11.3 Å². The van der Waals surface area contributed by atoms with E-state index in [0.29, 0.717) is 47.1 Å². The van der Waals surface area contributed by atoms with Gasteiger partial charge in [-0.25, -0.2) is 13.8 Å². The number of phenols is 1. The number of benzene rings is 2. The third-order valence-electron chi connectivity index (χ3n) is 11.7. The summed E-state index contributed by atoms with van der Waals surface area (Å²) in [7, 11) is 1.59. The highest BCUT2D eigenvalue weighted by Crippen LogP contribution is 2.48. The number of piperidine rings is 1. The summed E-state index contributed by atoms with van der Waals surface area (Å²) in [5.41, 5.74) is 1.72. The van der Waals surface area contributed by atoms with Crippen LogP contribution < -0.4 is 19.7 Å². The molecule has 5 aliphatic rings. The van der Waals surface area contributed by atoms with Crippen LogP contribution in [0.4, 0.5) is 14.6 Å². The zero-order chi connectivity index (χ0) is 35.0. The van der Waals surface area contributed by atoms with Gasteiger partial charge in [-0.1, -0.05) is 18.1 Å². The maximum absolute atomic E-state index is 17.3. The number of pyridine rings is 1. The summed E-state index contributed by atoms with van der Waals surface area (Å²) in [6, 6.07) is 6.46. The van der Waals surface area contributed by atoms with Crippen molar-refractivity contribution in [2.75, 3.05) is 44.8 Å². The third kappa shape index (κ3) is 5.60. The minimum atomic E-state index is -0.698. The molecule has 11 nitrogen and oxygen atoms in total. The predicted octanol–water partition coefficient (Wildman–Crippen LogP) is 5.74. The molecule has 268 valence electrons. The molecule has 2 bridgehead atoms. The number of aryl methyl sites for hydroxylation is 1. The van der Waals surface area contributed by atoms with Gasteiger partial charge in [0.2, 0.25) is 5.88 Å². The van der Waals surface area contributed by atoms with E-state index in [2.05, 4.69) is 20.3 Å². The smallest absolute Gasteiger partial charge is 0.319 e. The number of nitrogens with zero attached hydrogens (tertiary/aromatic N) is 6. The van der Waals surface area contributed by atoms with Crippen molar-refractivity contribution in [1.29, 1.82) is 0 Å². The summed E-state index contributed by atoms with van der Waals surface area (Å²) in [5.74, 6) is -0.404. The Morgan fingerprint density at radius 3 is 2.69 bits per heavy atom. The number of piperazine rings is 1. The molecule has 0 unspecified atom stereocenters. The maximum Gasteiger partial charge on any atom is 0.319 e. The average molecular weight is 700 g/mol. The molecular weight excluding hydrogens is 656 g/mol. The van der Waals surface area contributed by atoms with Crippen LogP contribution >= 0.6 is 0 Å². The van der Waals surface area contributed by atoms with Gasteiger partial charge in [0.1, 0.15) is 47.2 Å².